The smallest absolute Gasteiger partial charge is 0.276 e. The Morgan fingerprint density at radius 3 is 2.09 bits per heavy atom. The molecule has 232 valence electrons. The third-order valence-electron chi connectivity index (χ3n) is 7.78. The van der Waals surface area contributed by atoms with Crippen molar-refractivity contribution in [2.75, 3.05) is 26.2 Å². The highest BCUT2D eigenvalue weighted by Crippen LogP contribution is 2.23. The number of carbonyl (C=O) groups is 1. The predicted octanol–water partition coefficient (Wildman–Crippen LogP) is 6.97. The van der Waals surface area contributed by atoms with Crippen LogP contribution in [0.3, 0.4) is 0 Å². The van der Waals surface area contributed by atoms with Crippen LogP contribution in [0.25, 0.3) is 11.1 Å². The van der Waals surface area contributed by atoms with E-state index in [1.54, 1.807) is 18.3 Å². The molecule has 4 rings (SSSR count). The summed E-state index contributed by atoms with van der Waals surface area (Å²) in [5, 5.41) is 0.485. The number of hydrogen-bond acceptors (Lipinski definition) is 5. The summed E-state index contributed by atoms with van der Waals surface area (Å²) in [6.07, 6.45) is 3.20. The summed E-state index contributed by atoms with van der Waals surface area (Å²) < 4.78 is 15.2. The van der Waals surface area contributed by atoms with Gasteiger partial charge < -0.3 is 14.4 Å². The highest BCUT2D eigenvalue weighted by molar-refractivity contribution is 7.98. The minimum atomic E-state index is -0.294. The van der Waals surface area contributed by atoms with E-state index in [9.17, 15) is 14.0 Å². The van der Waals surface area contributed by atoms with Gasteiger partial charge in [0.25, 0.3) is 5.56 Å². The Morgan fingerprint density at radius 1 is 0.864 bits per heavy atom. The second kappa shape index (κ2) is 16.4. The van der Waals surface area contributed by atoms with Crippen LogP contribution in [-0.4, -0.2) is 51.4 Å². The van der Waals surface area contributed by atoms with Crippen LogP contribution in [0, 0.1) is 12.7 Å². The fourth-order valence-electron chi connectivity index (χ4n) is 5.03. The molecule has 0 unspecified atom stereocenters. The van der Waals surface area contributed by atoms with Gasteiger partial charge in [0.1, 0.15) is 12.4 Å². The Kier molecular flexibility index (Phi) is 12.3. The van der Waals surface area contributed by atoms with Crippen LogP contribution in [0.4, 0.5) is 4.39 Å². The van der Waals surface area contributed by atoms with E-state index in [4.69, 9.17) is 0 Å². The van der Waals surface area contributed by atoms with E-state index in [0.29, 0.717) is 36.0 Å². The maximum absolute atomic E-state index is 14.0. The van der Waals surface area contributed by atoms with Gasteiger partial charge in [0.05, 0.1) is 0 Å². The highest BCUT2D eigenvalue weighted by Gasteiger charge is 2.19. The van der Waals surface area contributed by atoms with Gasteiger partial charge in [-0.25, -0.2) is 4.39 Å². The molecular formula is C36H43FN4O2S. The van der Waals surface area contributed by atoms with Crippen LogP contribution in [-0.2, 0) is 30.1 Å². The number of likely N-dealkylation sites (N-methyl/N-ethyl adjacent to an activating group) is 1. The number of rotatable bonds is 15. The first-order chi connectivity index (χ1) is 21.3. The maximum Gasteiger partial charge on any atom is 0.276 e. The maximum atomic E-state index is 14.0. The zero-order valence-electron chi connectivity index (χ0n) is 26.3. The molecule has 0 N–H and O–H groups in total. The van der Waals surface area contributed by atoms with Gasteiger partial charge in [-0.05, 0) is 60.8 Å². The zero-order valence-corrected chi connectivity index (χ0v) is 27.1. The van der Waals surface area contributed by atoms with Crippen molar-refractivity contribution in [1.82, 2.24) is 19.4 Å². The molecule has 0 saturated heterocycles. The largest absolute Gasteiger partial charge is 0.336 e. The number of halogens is 1. The van der Waals surface area contributed by atoms with Gasteiger partial charge in [-0.2, -0.15) is 4.98 Å². The molecule has 0 saturated carbocycles. The van der Waals surface area contributed by atoms with E-state index in [2.05, 4.69) is 79.2 Å². The Balaban J connectivity index is 1.57. The van der Waals surface area contributed by atoms with Crippen molar-refractivity contribution >= 4 is 17.7 Å². The molecule has 0 aliphatic rings. The van der Waals surface area contributed by atoms with Crippen molar-refractivity contribution < 1.29 is 9.18 Å². The molecular weight excluding hydrogens is 571 g/mol. The molecule has 6 nitrogen and oxygen atoms in total. The molecule has 0 radical (unpaired) electrons. The van der Waals surface area contributed by atoms with Crippen molar-refractivity contribution in [3.05, 3.63) is 117 Å². The molecule has 0 atom stereocenters. The molecule has 1 amide bonds. The van der Waals surface area contributed by atoms with E-state index < -0.39 is 0 Å². The lowest BCUT2D eigenvalue weighted by molar-refractivity contribution is -0.132. The van der Waals surface area contributed by atoms with Gasteiger partial charge in [0.2, 0.25) is 5.91 Å². The van der Waals surface area contributed by atoms with Gasteiger partial charge in [0, 0.05) is 37.1 Å². The number of amides is 1. The zero-order chi connectivity index (χ0) is 31.5. The van der Waals surface area contributed by atoms with Crippen LogP contribution >= 0.6 is 11.8 Å². The number of aryl methyl sites for hydroxylation is 2. The van der Waals surface area contributed by atoms with E-state index in [-0.39, 0.29) is 23.8 Å². The van der Waals surface area contributed by atoms with Crippen LogP contribution in [0.5, 0.6) is 0 Å². The first kappa shape index (κ1) is 33.1. The minimum absolute atomic E-state index is 0.0312. The van der Waals surface area contributed by atoms with Gasteiger partial charge in [-0.3, -0.25) is 9.59 Å². The lowest BCUT2D eigenvalue weighted by atomic mass is 10.0. The van der Waals surface area contributed by atoms with Crippen molar-refractivity contribution in [3.8, 4) is 11.1 Å². The quantitative estimate of drug-likeness (QED) is 0.107. The van der Waals surface area contributed by atoms with Gasteiger partial charge in [-0.1, -0.05) is 105 Å². The number of hydrogen-bond donors (Lipinski definition) is 0. The Labute approximate surface area is 264 Å². The molecule has 0 bridgehead atoms. The fourth-order valence-corrected chi connectivity index (χ4v) is 5.95. The molecule has 3 aromatic carbocycles. The SMILES string of the molecule is CCCc1cn(CC(=O)N(CCN(CC)CC)Cc2ccc(-c3ccc(C)cc3)cc2)c(SCc2ccc(F)cc2)nc1=O. The first-order valence-electron chi connectivity index (χ1n) is 15.4. The second-order valence-electron chi connectivity index (χ2n) is 11.1. The standard InChI is InChI=1S/C36H43FN4O2S/c1-5-8-32-24-41(36(38-35(32)43)44-26-29-13-19-33(37)20-14-29)25-34(42)40(22-21-39(6-2)7-3)23-28-11-17-31(18-12-28)30-15-9-27(4)10-16-30/h9-20,24H,5-8,21-23,25-26H2,1-4H3. The number of nitrogens with zero attached hydrogens (tertiary/aromatic N) is 4. The predicted molar refractivity (Wildman–Crippen MR) is 178 cm³/mol. The van der Waals surface area contributed by atoms with E-state index in [0.717, 1.165) is 48.3 Å². The second-order valence-corrected chi connectivity index (χ2v) is 12.0. The molecule has 4 aromatic rings. The summed E-state index contributed by atoms with van der Waals surface area (Å²) in [4.78, 5) is 35.4. The number of benzene rings is 3. The molecule has 0 fully saturated rings. The third-order valence-corrected chi connectivity index (χ3v) is 8.84. The Morgan fingerprint density at radius 2 is 1.48 bits per heavy atom. The summed E-state index contributed by atoms with van der Waals surface area (Å²) in [6, 6.07) is 23.2. The van der Waals surface area contributed by atoms with E-state index in [1.807, 2.05) is 16.4 Å². The van der Waals surface area contributed by atoms with Gasteiger partial charge in [-0.15, -0.1) is 0 Å². The fraction of sp³-hybridized carbons (Fsp3) is 0.361. The Bertz CT molecular complexity index is 1550. The third kappa shape index (κ3) is 9.37. The number of thioether (sulfide) groups is 1. The molecule has 8 heteroatoms. The lowest BCUT2D eigenvalue weighted by Crippen LogP contribution is -2.40. The lowest BCUT2D eigenvalue weighted by Gasteiger charge is -2.27. The van der Waals surface area contributed by atoms with E-state index in [1.165, 1.54) is 29.5 Å². The summed E-state index contributed by atoms with van der Waals surface area (Å²) in [5.41, 5.74) is 5.85. The number of carbonyl (C=O) groups excluding carboxylic acids is 1. The average Bonchev–Trinajstić information content (AvgIpc) is 3.03. The molecule has 0 spiro atoms. The van der Waals surface area contributed by atoms with Crippen LogP contribution < -0.4 is 5.56 Å². The molecule has 44 heavy (non-hydrogen) atoms. The molecule has 0 aliphatic heterocycles. The van der Waals surface area contributed by atoms with Crippen molar-refractivity contribution in [3.63, 3.8) is 0 Å². The van der Waals surface area contributed by atoms with Crippen molar-refractivity contribution in [1.29, 1.82) is 0 Å². The van der Waals surface area contributed by atoms with Crippen LogP contribution in [0.1, 0.15) is 49.4 Å². The van der Waals surface area contributed by atoms with E-state index >= 15 is 0 Å². The monoisotopic (exact) mass is 614 g/mol. The summed E-state index contributed by atoms with van der Waals surface area (Å²) in [6.45, 7) is 12.1. The van der Waals surface area contributed by atoms with Crippen LogP contribution in [0.2, 0.25) is 0 Å². The average molecular weight is 615 g/mol. The van der Waals surface area contributed by atoms with Gasteiger partial charge >= 0.3 is 0 Å². The van der Waals surface area contributed by atoms with Crippen molar-refractivity contribution in [2.24, 2.45) is 0 Å². The Hall–Kier alpha value is -3.75. The van der Waals surface area contributed by atoms with Crippen molar-refractivity contribution in [2.45, 2.75) is 64.5 Å². The summed E-state index contributed by atoms with van der Waals surface area (Å²) in [7, 11) is 0. The highest BCUT2D eigenvalue weighted by atomic mass is 32.2. The molecule has 1 heterocycles. The molecule has 0 aliphatic carbocycles. The molecule has 1 aromatic heterocycles. The minimum Gasteiger partial charge on any atom is -0.336 e. The summed E-state index contributed by atoms with van der Waals surface area (Å²) >= 11 is 1.38. The first-order valence-corrected chi connectivity index (χ1v) is 16.4. The van der Waals surface area contributed by atoms with Gasteiger partial charge in [0.15, 0.2) is 5.16 Å². The number of aromatic nitrogens is 2. The normalized spacial score (nSPS) is 11.2. The van der Waals surface area contributed by atoms with Crippen LogP contribution in [0.15, 0.2) is 88.9 Å². The summed E-state index contributed by atoms with van der Waals surface area (Å²) in [5.74, 6) is 0.182. The topological polar surface area (TPSA) is 58.4 Å².